The normalized spacial score (nSPS) is 14.2. The number of benzene rings is 2. The Hall–Kier alpha value is -4.17. The van der Waals surface area contributed by atoms with E-state index in [1.807, 2.05) is 56.3 Å². The lowest BCUT2D eigenvalue weighted by atomic mass is 10.1. The van der Waals surface area contributed by atoms with Gasteiger partial charge < -0.3 is 29.9 Å². The number of pyridine rings is 2. The summed E-state index contributed by atoms with van der Waals surface area (Å²) < 4.78 is 24.2. The van der Waals surface area contributed by atoms with E-state index >= 15 is 0 Å². The quantitative estimate of drug-likeness (QED) is 0.137. The van der Waals surface area contributed by atoms with Crippen LogP contribution in [0.5, 0.6) is 0 Å². The molecule has 0 saturated carbocycles. The third-order valence-electron chi connectivity index (χ3n) is 8.83. The molecule has 6 rings (SSSR count). The van der Waals surface area contributed by atoms with Crippen molar-refractivity contribution in [1.82, 2.24) is 20.6 Å². The molecular formula is C41H51FN6O4S2. The van der Waals surface area contributed by atoms with Crippen molar-refractivity contribution < 1.29 is 23.5 Å². The number of thioether (sulfide) groups is 2. The first-order valence-corrected chi connectivity index (χ1v) is 20.5. The van der Waals surface area contributed by atoms with Crippen LogP contribution in [0.3, 0.4) is 0 Å². The van der Waals surface area contributed by atoms with Gasteiger partial charge in [-0.2, -0.15) is 0 Å². The Bertz CT molecular complexity index is 1840. The van der Waals surface area contributed by atoms with Crippen molar-refractivity contribution in [2.45, 2.75) is 57.3 Å². The summed E-state index contributed by atoms with van der Waals surface area (Å²) in [4.78, 5) is 39.7. The number of ether oxygens (including phenoxy) is 2. The second-order valence-corrected chi connectivity index (χ2v) is 15.3. The van der Waals surface area contributed by atoms with Crippen molar-refractivity contribution in [3.63, 3.8) is 0 Å². The predicted molar refractivity (Wildman–Crippen MR) is 217 cm³/mol. The van der Waals surface area contributed by atoms with Gasteiger partial charge in [-0.25, -0.2) is 14.4 Å². The van der Waals surface area contributed by atoms with Gasteiger partial charge in [0, 0.05) is 39.3 Å². The van der Waals surface area contributed by atoms with Gasteiger partial charge in [0.2, 0.25) is 0 Å². The maximum Gasteiger partial charge on any atom is 0.254 e. The number of hydrogen-bond acceptors (Lipinski definition) is 10. The van der Waals surface area contributed by atoms with Crippen LogP contribution in [0, 0.1) is 19.7 Å². The smallest absolute Gasteiger partial charge is 0.254 e. The number of nitrogens with zero attached hydrogens (tertiary/aromatic N) is 4. The number of anilines is 2. The number of nitrogens with one attached hydrogen (secondary N) is 2. The number of aryl methyl sites for hydroxylation is 2. The number of aromatic nitrogens is 2. The van der Waals surface area contributed by atoms with Crippen LogP contribution in [0.15, 0.2) is 76.8 Å². The van der Waals surface area contributed by atoms with Crippen molar-refractivity contribution in [3.8, 4) is 0 Å². The Labute approximate surface area is 327 Å². The van der Waals surface area contributed by atoms with Gasteiger partial charge in [0.15, 0.2) is 0 Å². The van der Waals surface area contributed by atoms with Crippen molar-refractivity contribution in [2.75, 3.05) is 73.9 Å². The number of carbonyl (C=O) groups excluding carboxylic acids is 2. The minimum Gasteiger partial charge on any atom is -0.378 e. The van der Waals surface area contributed by atoms with Crippen LogP contribution in [0.2, 0.25) is 0 Å². The fraction of sp³-hybridized carbons (Fsp3) is 0.415. The molecule has 0 aliphatic carbocycles. The third kappa shape index (κ3) is 11.7. The average molecular weight is 775 g/mol. The van der Waals surface area contributed by atoms with E-state index in [0.717, 1.165) is 101 Å². The van der Waals surface area contributed by atoms with Crippen LogP contribution < -0.4 is 20.4 Å². The Morgan fingerprint density at radius 3 is 1.70 bits per heavy atom. The van der Waals surface area contributed by atoms with Gasteiger partial charge in [-0.1, -0.05) is 56.3 Å². The lowest BCUT2D eigenvalue weighted by Crippen LogP contribution is -2.37. The summed E-state index contributed by atoms with van der Waals surface area (Å²) in [5, 5.41) is 7.49. The highest BCUT2D eigenvalue weighted by Crippen LogP contribution is 2.30. The van der Waals surface area contributed by atoms with E-state index in [9.17, 15) is 14.0 Å². The van der Waals surface area contributed by atoms with E-state index in [0.29, 0.717) is 30.9 Å². The Morgan fingerprint density at radius 1 is 0.704 bits per heavy atom. The van der Waals surface area contributed by atoms with Gasteiger partial charge in [-0.3, -0.25) is 9.59 Å². The van der Waals surface area contributed by atoms with Crippen molar-refractivity contribution in [1.29, 1.82) is 0 Å². The lowest BCUT2D eigenvalue weighted by Gasteiger charge is -2.29. The summed E-state index contributed by atoms with van der Waals surface area (Å²) in [6.07, 6.45) is 0.998. The Kier molecular flexibility index (Phi) is 16.0. The van der Waals surface area contributed by atoms with Crippen molar-refractivity contribution >= 4 is 47.0 Å². The monoisotopic (exact) mass is 774 g/mol. The van der Waals surface area contributed by atoms with E-state index in [-0.39, 0.29) is 24.2 Å². The molecule has 2 N–H and O–H groups in total. The molecule has 2 amide bonds. The molecule has 2 aromatic carbocycles. The molecule has 10 nitrogen and oxygen atoms in total. The van der Waals surface area contributed by atoms with Crippen LogP contribution in [0.4, 0.5) is 16.0 Å². The summed E-state index contributed by atoms with van der Waals surface area (Å²) in [7, 11) is 0. The zero-order valence-electron chi connectivity index (χ0n) is 31.7. The van der Waals surface area contributed by atoms with E-state index < -0.39 is 0 Å². The highest BCUT2D eigenvalue weighted by Gasteiger charge is 2.22. The molecule has 2 fully saturated rings. The molecule has 0 bridgehead atoms. The summed E-state index contributed by atoms with van der Waals surface area (Å²) in [6.45, 7) is 15.0. The molecule has 2 aliphatic heterocycles. The number of hydrogen-bond donors (Lipinski definition) is 2. The maximum absolute atomic E-state index is 13.4. The summed E-state index contributed by atoms with van der Waals surface area (Å²) in [5.74, 6) is 3.03. The standard InChI is InChI=1S/C21H26FN3O2S.C20H25N3O2S/c1-3-11-28-21-19(20(26)23-14-16-5-4-6-17(22)13-16)15(2)12-18(24-21)25-7-9-27-10-8-25;1-3-26-20-18(19(24)21-14-16-7-5-4-6-8-16)15(2)13-17(22-20)23-9-11-25-12-10-23/h4-6,12-13H,3,7-11,14H2,1-2H3,(H,23,26);4-8,13H,3,9-12,14H2,1-2H3,(H,21,24). The number of carbonyl (C=O) groups is 2. The van der Waals surface area contributed by atoms with E-state index in [2.05, 4.69) is 34.3 Å². The molecule has 4 aromatic rings. The number of amides is 2. The zero-order chi connectivity index (χ0) is 38.3. The van der Waals surface area contributed by atoms with E-state index in [1.54, 1.807) is 35.7 Å². The third-order valence-corrected chi connectivity index (χ3v) is 10.9. The second-order valence-electron chi connectivity index (χ2n) is 12.9. The first-order valence-electron chi connectivity index (χ1n) is 18.6. The van der Waals surface area contributed by atoms with E-state index in [1.165, 1.54) is 12.1 Å². The Morgan fingerprint density at radius 2 is 1.20 bits per heavy atom. The highest BCUT2D eigenvalue weighted by molar-refractivity contribution is 7.99. The molecule has 0 spiro atoms. The van der Waals surface area contributed by atoms with Crippen molar-refractivity contribution in [3.05, 3.63) is 106 Å². The number of halogens is 1. The van der Waals surface area contributed by atoms with Gasteiger partial charge in [0.05, 0.1) is 37.6 Å². The molecule has 0 radical (unpaired) electrons. The minimum absolute atomic E-state index is 0.0664. The van der Waals surface area contributed by atoms with Gasteiger partial charge in [-0.15, -0.1) is 23.5 Å². The van der Waals surface area contributed by atoms with Gasteiger partial charge in [-0.05, 0) is 78.3 Å². The summed E-state index contributed by atoms with van der Waals surface area (Å²) in [6, 6.07) is 20.2. The van der Waals surface area contributed by atoms with Crippen LogP contribution in [-0.2, 0) is 22.6 Å². The fourth-order valence-corrected chi connectivity index (χ4v) is 7.83. The maximum atomic E-state index is 13.4. The molecular weight excluding hydrogens is 724 g/mol. The SMILES string of the molecule is CCCSc1nc(N2CCOCC2)cc(C)c1C(=O)NCc1cccc(F)c1.CCSc1nc(N2CCOCC2)cc(C)c1C(=O)NCc1ccccc1. The summed E-state index contributed by atoms with van der Waals surface area (Å²) >= 11 is 3.22. The minimum atomic E-state index is -0.307. The van der Waals surface area contributed by atoms with E-state index in [4.69, 9.17) is 19.4 Å². The molecule has 0 atom stereocenters. The molecule has 54 heavy (non-hydrogen) atoms. The zero-order valence-corrected chi connectivity index (χ0v) is 33.3. The molecule has 13 heteroatoms. The Balaban J connectivity index is 0.000000208. The van der Waals surface area contributed by atoms with Gasteiger partial charge >= 0.3 is 0 Å². The van der Waals surface area contributed by atoms with Crippen LogP contribution in [0.25, 0.3) is 0 Å². The second kappa shape index (κ2) is 21.1. The largest absolute Gasteiger partial charge is 0.378 e. The topological polar surface area (TPSA) is 109 Å². The number of morpholine rings is 2. The van der Waals surface area contributed by atoms with Crippen molar-refractivity contribution in [2.24, 2.45) is 0 Å². The fourth-order valence-electron chi connectivity index (χ4n) is 6.04. The molecule has 4 heterocycles. The van der Waals surface area contributed by atoms with Crippen LogP contribution >= 0.6 is 23.5 Å². The lowest BCUT2D eigenvalue weighted by molar-refractivity contribution is 0.0938. The summed E-state index contributed by atoms with van der Waals surface area (Å²) in [5.41, 5.74) is 4.96. The molecule has 2 aliphatic rings. The van der Waals surface area contributed by atoms with Gasteiger partial charge in [0.25, 0.3) is 11.8 Å². The molecule has 288 valence electrons. The first kappa shape index (κ1) is 41.0. The number of rotatable bonds is 13. The van der Waals surface area contributed by atoms with Crippen LogP contribution in [-0.4, -0.2) is 85.9 Å². The molecule has 2 saturated heterocycles. The van der Waals surface area contributed by atoms with Crippen LogP contribution in [0.1, 0.15) is 63.2 Å². The molecule has 2 aromatic heterocycles. The average Bonchev–Trinajstić information content (AvgIpc) is 3.19. The highest BCUT2D eigenvalue weighted by atomic mass is 32.2. The predicted octanol–water partition coefficient (Wildman–Crippen LogP) is 7.07. The van der Waals surface area contributed by atoms with Gasteiger partial charge in [0.1, 0.15) is 27.5 Å². The first-order chi connectivity index (χ1) is 26.3. The molecule has 0 unspecified atom stereocenters.